The Balaban J connectivity index is 1.45. The third-order valence-electron chi connectivity index (χ3n) is 9.94. The summed E-state index contributed by atoms with van der Waals surface area (Å²) in [7, 11) is 1.69. The number of benzene rings is 3. The van der Waals surface area contributed by atoms with Crippen LogP contribution in [-0.2, 0) is 23.1 Å². The van der Waals surface area contributed by atoms with Gasteiger partial charge < -0.3 is 19.4 Å². The number of nitrogens with zero attached hydrogens (tertiary/aromatic N) is 1. The molecule has 2 heterocycles. The summed E-state index contributed by atoms with van der Waals surface area (Å²) in [5, 5.41) is 13.4. The monoisotopic (exact) mass is 467 g/mol. The fourth-order valence-corrected chi connectivity index (χ4v) is 8.26. The molecule has 1 saturated heterocycles. The van der Waals surface area contributed by atoms with Gasteiger partial charge in [-0.15, -0.1) is 0 Å². The normalized spacial score (nSPS) is 32.0. The number of hydrogen-bond acceptors (Lipinski definition) is 5. The first-order valence-electron chi connectivity index (χ1n) is 12.9. The molecular weight excluding hydrogens is 438 g/mol. The van der Waals surface area contributed by atoms with Crippen LogP contribution >= 0.6 is 0 Å². The van der Waals surface area contributed by atoms with E-state index in [1.807, 2.05) is 30.3 Å². The standard InChI is InChI=1S/C30H29NO4/c1-34-23-9-8-19-13-24-29(16-32)14-22-21(12-18-4-2-3-5-20(18)26(22)33)28-30(29,25(19)27(23)35-28)10-11-31(24)15-17-6-7-17/h2-5,8-9,12,16-17,24,28,33H,6-7,10-11,13-15H2,1H3/t24-,28+,29-,30?/m1/s1. The van der Waals surface area contributed by atoms with E-state index < -0.39 is 10.8 Å². The lowest BCUT2D eigenvalue weighted by Crippen LogP contribution is -2.71. The van der Waals surface area contributed by atoms with Crippen LogP contribution in [0.15, 0.2) is 42.5 Å². The van der Waals surface area contributed by atoms with Crippen molar-refractivity contribution in [2.45, 2.75) is 49.7 Å². The Morgan fingerprint density at radius 3 is 2.89 bits per heavy atom. The Labute approximate surface area is 204 Å². The molecule has 3 aromatic carbocycles. The Morgan fingerprint density at radius 2 is 2.09 bits per heavy atom. The minimum absolute atomic E-state index is 0.103. The summed E-state index contributed by atoms with van der Waals surface area (Å²) in [6, 6.07) is 14.5. The predicted molar refractivity (Wildman–Crippen MR) is 132 cm³/mol. The summed E-state index contributed by atoms with van der Waals surface area (Å²) in [5.74, 6) is 2.59. The van der Waals surface area contributed by atoms with Gasteiger partial charge in [0, 0.05) is 34.7 Å². The number of aldehydes is 1. The van der Waals surface area contributed by atoms with Crippen molar-refractivity contribution in [2.24, 2.45) is 11.3 Å². The molecule has 5 nitrogen and oxygen atoms in total. The first kappa shape index (κ1) is 20.2. The molecule has 1 N–H and O–H groups in total. The van der Waals surface area contributed by atoms with Crippen molar-refractivity contribution < 1.29 is 19.4 Å². The van der Waals surface area contributed by atoms with Gasteiger partial charge in [0.05, 0.1) is 17.9 Å². The average molecular weight is 468 g/mol. The Morgan fingerprint density at radius 1 is 1.23 bits per heavy atom. The number of rotatable bonds is 4. The van der Waals surface area contributed by atoms with E-state index in [0.717, 1.165) is 65.2 Å². The molecule has 0 radical (unpaired) electrons. The highest BCUT2D eigenvalue weighted by molar-refractivity contribution is 5.91. The first-order chi connectivity index (χ1) is 17.1. The van der Waals surface area contributed by atoms with E-state index in [4.69, 9.17) is 9.47 Å². The maximum absolute atomic E-state index is 13.5. The summed E-state index contributed by atoms with van der Waals surface area (Å²) < 4.78 is 12.6. The topological polar surface area (TPSA) is 59.0 Å². The molecule has 1 spiro atoms. The molecule has 8 rings (SSSR count). The van der Waals surface area contributed by atoms with E-state index in [1.165, 1.54) is 30.3 Å². The SMILES string of the molecule is COc1ccc2c3c1O[C@H]1c4cc5ccccc5c(O)c4C[C@@]4(C=O)[C@@H](C2)N(CC2CC2)CCC314. The highest BCUT2D eigenvalue weighted by atomic mass is 16.5. The Bertz CT molecular complexity index is 1430. The first-order valence-corrected chi connectivity index (χ1v) is 12.9. The van der Waals surface area contributed by atoms with Crippen LogP contribution in [0.5, 0.6) is 17.2 Å². The number of carbonyl (C=O) groups excluding carboxylic acids is 1. The van der Waals surface area contributed by atoms with E-state index in [9.17, 15) is 9.90 Å². The fourth-order valence-electron chi connectivity index (χ4n) is 8.26. The molecule has 4 atom stereocenters. The molecule has 0 aromatic heterocycles. The molecule has 5 heteroatoms. The van der Waals surface area contributed by atoms with Crippen LogP contribution in [0.25, 0.3) is 10.8 Å². The summed E-state index contributed by atoms with van der Waals surface area (Å²) in [4.78, 5) is 16.1. The number of carbonyl (C=O) groups is 1. The molecular formula is C30H29NO4. The number of hydrogen-bond donors (Lipinski definition) is 1. The summed E-state index contributed by atoms with van der Waals surface area (Å²) in [5.41, 5.74) is 3.29. The molecule has 3 aromatic rings. The number of fused-ring (bicyclic) bond motifs is 3. The van der Waals surface area contributed by atoms with Gasteiger partial charge in [0.15, 0.2) is 11.5 Å². The zero-order chi connectivity index (χ0) is 23.5. The van der Waals surface area contributed by atoms with Crippen LogP contribution in [0.4, 0.5) is 0 Å². The van der Waals surface area contributed by atoms with Crippen LogP contribution in [0.1, 0.15) is 47.6 Å². The van der Waals surface area contributed by atoms with Gasteiger partial charge in [0.1, 0.15) is 18.1 Å². The van der Waals surface area contributed by atoms with Crippen LogP contribution < -0.4 is 9.47 Å². The Kier molecular flexibility index (Phi) is 3.79. The molecule has 3 aliphatic carbocycles. The van der Waals surface area contributed by atoms with E-state index in [-0.39, 0.29) is 12.1 Å². The lowest BCUT2D eigenvalue weighted by Gasteiger charge is -2.63. The van der Waals surface area contributed by atoms with Crippen molar-refractivity contribution in [3.8, 4) is 17.2 Å². The van der Waals surface area contributed by atoms with Crippen molar-refractivity contribution in [3.05, 3.63) is 64.7 Å². The molecule has 1 unspecified atom stereocenters. The summed E-state index contributed by atoms with van der Waals surface area (Å²) >= 11 is 0. The van der Waals surface area contributed by atoms with Crippen molar-refractivity contribution in [2.75, 3.05) is 20.2 Å². The van der Waals surface area contributed by atoms with Crippen molar-refractivity contribution in [1.29, 1.82) is 0 Å². The number of aromatic hydroxyl groups is 1. The second-order valence-electron chi connectivity index (χ2n) is 11.4. The van der Waals surface area contributed by atoms with Crippen LogP contribution in [0.3, 0.4) is 0 Å². The molecule has 2 fully saturated rings. The average Bonchev–Trinajstić information content (AvgIpc) is 3.63. The highest BCUT2D eigenvalue weighted by Gasteiger charge is 2.73. The van der Waals surface area contributed by atoms with E-state index in [2.05, 4.69) is 17.0 Å². The van der Waals surface area contributed by atoms with Crippen molar-refractivity contribution in [3.63, 3.8) is 0 Å². The lowest BCUT2D eigenvalue weighted by molar-refractivity contribution is -0.144. The van der Waals surface area contributed by atoms with Crippen LogP contribution in [0, 0.1) is 11.3 Å². The minimum Gasteiger partial charge on any atom is -0.507 e. The molecule has 2 aliphatic heterocycles. The number of likely N-dealkylation sites (tertiary alicyclic amines) is 1. The number of methoxy groups -OCH3 is 1. The van der Waals surface area contributed by atoms with Gasteiger partial charge in [-0.3, -0.25) is 4.90 Å². The van der Waals surface area contributed by atoms with E-state index >= 15 is 0 Å². The molecule has 5 aliphatic rings. The molecule has 2 bridgehead atoms. The molecule has 178 valence electrons. The van der Waals surface area contributed by atoms with Gasteiger partial charge >= 0.3 is 0 Å². The second kappa shape index (κ2) is 6.58. The van der Waals surface area contributed by atoms with E-state index in [0.29, 0.717) is 12.2 Å². The predicted octanol–water partition coefficient (Wildman–Crippen LogP) is 4.71. The van der Waals surface area contributed by atoms with Gasteiger partial charge in [-0.2, -0.15) is 0 Å². The lowest BCUT2D eigenvalue weighted by atomic mass is 9.43. The van der Waals surface area contributed by atoms with Gasteiger partial charge in [-0.25, -0.2) is 0 Å². The number of ether oxygens (including phenoxy) is 2. The van der Waals surface area contributed by atoms with Gasteiger partial charge in [-0.05, 0) is 67.6 Å². The third-order valence-corrected chi connectivity index (χ3v) is 9.94. The number of phenolic OH excluding ortho intramolecular Hbond substituents is 1. The molecule has 35 heavy (non-hydrogen) atoms. The van der Waals surface area contributed by atoms with E-state index in [1.54, 1.807) is 7.11 Å². The van der Waals surface area contributed by atoms with Crippen molar-refractivity contribution >= 4 is 17.1 Å². The van der Waals surface area contributed by atoms with Crippen LogP contribution in [0.2, 0.25) is 0 Å². The Hall–Kier alpha value is -3.05. The smallest absolute Gasteiger partial charge is 0.166 e. The van der Waals surface area contributed by atoms with Gasteiger partial charge in [-0.1, -0.05) is 30.3 Å². The quantitative estimate of drug-likeness (QED) is 0.564. The van der Waals surface area contributed by atoms with Gasteiger partial charge in [0.2, 0.25) is 0 Å². The zero-order valence-electron chi connectivity index (χ0n) is 19.9. The van der Waals surface area contributed by atoms with Crippen molar-refractivity contribution in [1.82, 2.24) is 4.90 Å². The molecule has 1 saturated carbocycles. The van der Waals surface area contributed by atoms with Gasteiger partial charge in [0.25, 0.3) is 0 Å². The van der Waals surface area contributed by atoms with Crippen LogP contribution in [-0.4, -0.2) is 42.5 Å². The maximum Gasteiger partial charge on any atom is 0.166 e. The minimum atomic E-state index is -0.650. The number of piperidine rings is 1. The number of phenols is 1. The third kappa shape index (κ3) is 2.27. The maximum atomic E-state index is 13.5. The molecule has 0 amide bonds. The highest BCUT2D eigenvalue weighted by Crippen LogP contribution is 2.72. The largest absolute Gasteiger partial charge is 0.507 e. The second-order valence-corrected chi connectivity index (χ2v) is 11.4. The summed E-state index contributed by atoms with van der Waals surface area (Å²) in [6.45, 7) is 2.04. The zero-order valence-corrected chi connectivity index (χ0v) is 19.9. The fraction of sp³-hybridized carbons (Fsp3) is 0.433. The summed E-state index contributed by atoms with van der Waals surface area (Å²) in [6.07, 6.45) is 5.78.